The van der Waals surface area contributed by atoms with Crippen LogP contribution in [0.25, 0.3) is 0 Å². The zero-order valence-electron chi connectivity index (χ0n) is 9.63. The van der Waals surface area contributed by atoms with E-state index in [0.717, 1.165) is 5.56 Å². The molecule has 3 nitrogen and oxygen atoms in total. The van der Waals surface area contributed by atoms with E-state index in [0.29, 0.717) is 36.3 Å². The fourth-order valence-corrected chi connectivity index (χ4v) is 1.88. The average molecular weight is 252 g/mol. The minimum atomic E-state index is 0.0296. The molecule has 0 saturated carbocycles. The Kier molecular flexibility index (Phi) is 3.78. The minimum absolute atomic E-state index is 0.0296. The molecule has 1 heterocycles. The Hall–Kier alpha value is -1.37. The first kappa shape index (κ1) is 12.1. The van der Waals surface area contributed by atoms with Gasteiger partial charge in [0, 0.05) is 6.54 Å². The summed E-state index contributed by atoms with van der Waals surface area (Å²) in [5.41, 5.74) is 1.03. The Bertz CT molecular complexity index is 453. The van der Waals surface area contributed by atoms with Gasteiger partial charge in [-0.1, -0.05) is 17.5 Å². The van der Waals surface area contributed by atoms with E-state index in [1.165, 1.54) is 0 Å². The second-order valence-electron chi connectivity index (χ2n) is 3.87. The molecule has 2 rings (SSSR count). The highest BCUT2D eigenvalue weighted by molar-refractivity contribution is 6.32. The molecular formula is C13H14ClNO2. The van der Waals surface area contributed by atoms with Gasteiger partial charge in [-0.15, -0.1) is 6.42 Å². The normalized spacial score (nSPS) is 15.1. The van der Waals surface area contributed by atoms with Gasteiger partial charge in [0.25, 0.3) is 0 Å². The monoisotopic (exact) mass is 251 g/mol. The fourth-order valence-electron chi connectivity index (χ4n) is 1.60. The molecule has 1 aromatic carbocycles. The summed E-state index contributed by atoms with van der Waals surface area (Å²) in [5.74, 6) is 3.95. The van der Waals surface area contributed by atoms with E-state index >= 15 is 0 Å². The van der Waals surface area contributed by atoms with Crippen molar-refractivity contribution in [3.63, 3.8) is 0 Å². The molecular weight excluding hydrogens is 238 g/mol. The molecule has 0 spiro atoms. The van der Waals surface area contributed by atoms with Gasteiger partial charge in [-0.3, -0.25) is 5.32 Å². The summed E-state index contributed by atoms with van der Waals surface area (Å²) in [7, 11) is 0. The number of terminal acetylenes is 1. The van der Waals surface area contributed by atoms with Crippen molar-refractivity contribution in [3.05, 3.63) is 22.7 Å². The standard InChI is InChI=1S/C13H14ClNO2/c1-3-9(2)15-8-10-6-11(14)13-12(7-10)16-4-5-17-13/h1,6-7,9,15H,4-5,8H2,2H3. The van der Waals surface area contributed by atoms with Crippen LogP contribution in [-0.2, 0) is 6.54 Å². The maximum Gasteiger partial charge on any atom is 0.179 e. The summed E-state index contributed by atoms with van der Waals surface area (Å²) >= 11 is 6.12. The summed E-state index contributed by atoms with van der Waals surface area (Å²) in [5, 5.41) is 3.77. The summed E-state index contributed by atoms with van der Waals surface area (Å²) in [6.07, 6.45) is 5.29. The van der Waals surface area contributed by atoms with Crippen LogP contribution in [-0.4, -0.2) is 19.3 Å². The Balaban J connectivity index is 2.14. The molecule has 0 radical (unpaired) electrons. The van der Waals surface area contributed by atoms with Crippen molar-refractivity contribution in [1.82, 2.24) is 5.32 Å². The highest BCUT2D eigenvalue weighted by atomic mass is 35.5. The van der Waals surface area contributed by atoms with E-state index in [9.17, 15) is 0 Å². The zero-order chi connectivity index (χ0) is 12.3. The summed E-state index contributed by atoms with van der Waals surface area (Å²) in [6, 6.07) is 3.82. The van der Waals surface area contributed by atoms with Crippen molar-refractivity contribution in [1.29, 1.82) is 0 Å². The molecule has 17 heavy (non-hydrogen) atoms. The summed E-state index contributed by atoms with van der Waals surface area (Å²) in [4.78, 5) is 0. The van der Waals surface area contributed by atoms with Crippen LogP contribution in [0, 0.1) is 12.3 Å². The largest absolute Gasteiger partial charge is 0.486 e. The number of ether oxygens (including phenoxy) is 2. The van der Waals surface area contributed by atoms with E-state index in [1.807, 2.05) is 19.1 Å². The summed E-state index contributed by atoms with van der Waals surface area (Å²) in [6.45, 7) is 3.68. The van der Waals surface area contributed by atoms with E-state index in [-0.39, 0.29) is 6.04 Å². The molecule has 1 aliphatic heterocycles. The highest BCUT2D eigenvalue weighted by Crippen LogP contribution is 2.38. The zero-order valence-corrected chi connectivity index (χ0v) is 10.4. The molecule has 1 unspecified atom stereocenters. The van der Waals surface area contributed by atoms with Crippen molar-refractivity contribution in [2.75, 3.05) is 13.2 Å². The van der Waals surface area contributed by atoms with Crippen LogP contribution >= 0.6 is 11.6 Å². The lowest BCUT2D eigenvalue weighted by Gasteiger charge is -2.20. The first-order valence-electron chi connectivity index (χ1n) is 5.48. The number of halogens is 1. The molecule has 0 amide bonds. The predicted octanol–water partition coefficient (Wildman–Crippen LogP) is 2.22. The first-order valence-corrected chi connectivity index (χ1v) is 5.86. The quantitative estimate of drug-likeness (QED) is 0.836. The average Bonchev–Trinajstić information content (AvgIpc) is 2.36. The van der Waals surface area contributed by atoms with Gasteiger partial charge >= 0.3 is 0 Å². The molecule has 1 N–H and O–H groups in total. The molecule has 0 aliphatic carbocycles. The van der Waals surface area contributed by atoms with Crippen molar-refractivity contribution >= 4 is 11.6 Å². The van der Waals surface area contributed by atoms with E-state index in [4.69, 9.17) is 27.5 Å². The van der Waals surface area contributed by atoms with Crippen molar-refractivity contribution in [2.45, 2.75) is 19.5 Å². The molecule has 0 aromatic heterocycles. The van der Waals surface area contributed by atoms with Crippen LogP contribution in [0.5, 0.6) is 11.5 Å². The third kappa shape index (κ3) is 2.85. The molecule has 1 atom stereocenters. The van der Waals surface area contributed by atoms with Gasteiger partial charge in [0.2, 0.25) is 0 Å². The molecule has 4 heteroatoms. The topological polar surface area (TPSA) is 30.5 Å². The first-order chi connectivity index (χ1) is 8.20. The predicted molar refractivity (Wildman–Crippen MR) is 67.6 cm³/mol. The minimum Gasteiger partial charge on any atom is -0.486 e. The van der Waals surface area contributed by atoms with Crippen LogP contribution < -0.4 is 14.8 Å². The van der Waals surface area contributed by atoms with Crippen LogP contribution in [0.15, 0.2) is 12.1 Å². The van der Waals surface area contributed by atoms with Gasteiger partial charge in [-0.05, 0) is 24.6 Å². The van der Waals surface area contributed by atoms with Gasteiger partial charge in [0.1, 0.15) is 13.2 Å². The Morgan fingerprint density at radius 2 is 2.24 bits per heavy atom. The highest BCUT2D eigenvalue weighted by Gasteiger charge is 2.16. The molecule has 0 bridgehead atoms. The smallest absolute Gasteiger partial charge is 0.179 e. The van der Waals surface area contributed by atoms with E-state index in [2.05, 4.69) is 11.2 Å². The maximum absolute atomic E-state index is 6.12. The third-order valence-electron chi connectivity index (χ3n) is 2.52. The maximum atomic E-state index is 6.12. The Morgan fingerprint density at radius 1 is 1.47 bits per heavy atom. The number of hydrogen-bond donors (Lipinski definition) is 1. The van der Waals surface area contributed by atoms with Crippen molar-refractivity contribution < 1.29 is 9.47 Å². The van der Waals surface area contributed by atoms with Crippen LogP contribution in [0.4, 0.5) is 0 Å². The lowest BCUT2D eigenvalue weighted by molar-refractivity contribution is 0.171. The lowest BCUT2D eigenvalue weighted by Crippen LogP contribution is -2.23. The van der Waals surface area contributed by atoms with Crippen LogP contribution in [0.3, 0.4) is 0 Å². The van der Waals surface area contributed by atoms with Crippen LogP contribution in [0.2, 0.25) is 5.02 Å². The van der Waals surface area contributed by atoms with Gasteiger partial charge < -0.3 is 9.47 Å². The molecule has 90 valence electrons. The number of fused-ring (bicyclic) bond motifs is 1. The number of benzene rings is 1. The van der Waals surface area contributed by atoms with Crippen molar-refractivity contribution in [3.8, 4) is 23.8 Å². The second-order valence-corrected chi connectivity index (χ2v) is 4.28. The number of rotatable bonds is 3. The SMILES string of the molecule is C#CC(C)NCc1cc(Cl)c2c(c1)OCCO2. The number of nitrogens with one attached hydrogen (secondary N) is 1. The van der Waals surface area contributed by atoms with Gasteiger partial charge in [-0.2, -0.15) is 0 Å². The second kappa shape index (κ2) is 5.31. The van der Waals surface area contributed by atoms with Gasteiger partial charge in [0.05, 0.1) is 11.1 Å². The molecule has 1 aromatic rings. The third-order valence-corrected chi connectivity index (χ3v) is 2.80. The van der Waals surface area contributed by atoms with E-state index in [1.54, 1.807) is 0 Å². The Labute approximate surface area is 106 Å². The van der Waals surface area contributed by atoms with Crippen molar-refractivity contribution in [2.24, 2.45) is 0 Å². The van der Waals surface area contributed by atoms with Crippen LogP contribution in [0.1, 0.15) is 12.5 Å². The fraction of sp³-hybridized carbons (Fsp3) is 0.385. The lowest BCUT2D eigenvalue weighted by atomic mass is 10.2. The molecule has 0 saturated heterocycles. The van der Waals surface area contributed by atoms with Gasteiger partial charge in [-0.25, -0.2) is 0 Å². The van der Waals surface area contributed by atoms with E-state index < -0.39 is 0 Å². The number of hydrogen-bond acceptors (Lipinski definition) is 3. The van der Waals surface area contributed by atoms with Gasteiger partial charge in [0.15, 0.2) is 11.5 Å². The Morgan fingerprint density at radius 3 is 3.00 bits per heavy atom. The molecule has 1 aliphatic rings. The summed E-state index contributed by atoms with van der Waals surface area (Å²) < 4.78 is 10.9. The molecule has 0 fully saturated rings.